The number of phenols is 1. The van der Waals surface area contributed by atoms with Crippen molar-refractivity contribution in [2.75, 3.05) is 0 Å². The van der Waals surface area contributed by atoms with E-state index in [4.69, 9.17) is 4.42 Å². The van der Waals surface area contributed by atoms with E-state index in [-0.39, 0.29) is 0 Å². The molecule has 0 aliphatic heterocycles. The first-order valence-electron chi connectivity index (χ1n) is 7.24. The lowest BCUT2D eigenvalue weighted by molar-refractivity contribution is 0.410. The Hall–Kier alpha value is -1.74. The van der Waals surface area contributed by atoms with Gasteiger partial charge in [0.05, 0.1) is 6.26 Å². The highest BCUT2D eigenvalue weighted by Gasteiger charge is 2.22. The van der Waals surface area contributed by atoms with Crippen LogP contribution in [0.2, 0.25) is 0 Å². The molecule has 0 amide bonds. The fourth-order valence-corrected chi connectivity index (χ4v) is 3.09. The van der Waals surface area contributed by atoms with Crippen LogP contribution in [0, 0.1) is 13.8 Å². The van der Waals surface area contributed by atoms with E-state index in [0.717, 1.165) is 36.3 Å². The molecule has 1 atom stereocenters. The molecule has 0 spiro atoms. The predicted molar refractivity (Wildman–Crippen MR) is 78.8 cm³/mol. The van der Waals surface area contributed by atoms with E-state index in [1.807, 2.05) is 13.8 Å². The SMILES string of the molecule is Cc1cc(CNC2CCCc3occc32)cc(C)c1O. The van der Waals surface area contributed by atoms with Gasteiger partial charge < -0.3 is 14.8 Å². The van der Waals surface area contributed by atoms with Gasteiger partial charge in [0, 0.05) is 24.6 Å². The van der Waals surface area contributed by atoms with Gasteiger partial charge in [-0.25, -0.2) is 0 Å². The summed E-state index contributed by atoms with van der Waals surface area (Å²) in [4.78, 5) is 0. The Morgan fingerprint density at radius 2 is 2.05 bits per heavy atom. The standard InChI is InChI=1S/C17H21NO2/c1-11-8-13(9-12(2)17(11)19)10-18-15-4-3-5-16-14(15)6-7-20-16/h6-9,15,18-19H,3-5,10H2,1-2H3. The maximum Gasteiger partial charge on any atom is 0.121 e. The molecule has 1 heterocycles. The maximum absolute atomic E-state index is 9.82. The molecule has 2 N–H and O–H groups in total. The number of phenolic OH excluding ortho intramolecular Hbond substituents is 1. The zero-order chi connectivity index (χ0) is 14.1. The van der Waals surface area contributed by atoms with Gasteiger partial charge in [-0.05, 0) is 49.4 Å². The van der Waals surface area contributed by atoms with Crippen LogP contribution < -0.4 is 5.32 Å². The number of fused-ring (bicyclic) bond motifs is 1. The van der Waals surface area contributed by atoms with Crippen molar-refractivity contribution in [3.8, 4) is 5.75 Å². The van der Waals surface area contributed by atoms with E-state index in [1.54, 1.807) is 6.26 Å². The van der Waals surface area contributed by atoms with Crippen LogP contribution in [0.15, 0.2) is 28.9 Å². The van der Waals surface area contributed by atoms with Crippen LogP contribution in [-0.2, 0) is 13.0 Å². The van der Waals surface area contributed by atoms with Crippen LogP contribution in [0.1, 0.15) is 46.9 Å². The summed E-state index contributed by atoms with van der Waals surface area (Å²) in [6.07, 6.45) is 5.17. The van der Waals surface area contributed by atoms with Gasteiger partial charge in [0.1, 0.15) is 11.5 Å². The number of hydrogen-bond acceptors (Lipinski definition) is 3. The third-order valence-electron chi connectivity index (χ3n) is 4.16. The summed E-state index contributed by atoms with van der Waals surface area (Å²) in [5, 5.41) is 13.4. The molecule has 0 bridgehead atoms. The monoisotopic (exact) mass is 271 g/mol. The number of rotatable bonds is 3. The zero-order valence-electron chi connectivity index (χ0n) is 12.1. The zero-order valence-corrected chi connectivity index (χ0v) is 12.1. The quantitative estimate of drug-likeness (QED) is 0.893. The second kappa shape index (κ2) is 5.33. The average Bonchev–Trinajstić information content (AvgIpc) is 2.91. The topological polar surface area (TPSA) is 45.4 Å². The molecule has 3 rings (SSSR count). The fraction of sp³-hybridized carbons (Fsp3) is 0.412. The Labute approximate surface area is 119 Å². The third kappa shape index (κ3) is 2.46. The van der Waals surface area contributed by atoms with Crippen LogP contribution in [-0.4, -0.2) is 5.11 Å². The highest BCUT2D eigenvalue weighted by molar-refractivity contribution is 5.42. The third-order valence-corrected chi connectivity index (χ3v) is 4.16. The summed E-state index contributed by atoms with van der Waals surface area (Å²) in [6.45, 7) is 4.71. The average molecular weight is 271 g/mol. The molecule has 0 fully saturated rings. The van der Waals surface area contributed by atoms with E-state index in [0.29, 0.717) is 11.8 Å². The van der Waals surface area contributed by atoms with Gasteiger partial charge in [-0.15, -0.1) is 0 Å². The molecule has 0 saturated carbocycles. The van der Waals surface area contributed by atoms with Crippen LogP contribution in [0.3, 0.4) is 0 Å². The summed E-state index contributed by atoms with van der Waals surface area (Å²) < 4.78 is 5.52. The molecule has 1 aromatic carbocycles. The van der Waals surface area contributed by atoms with Crippen molar-refractivity contribution in [1.29, 1.82) is 0 Å². The normalized spacial score (nSPS) is 18.0. The lowest BCUT2D eigenvalue weighted by atomic mass is 9.93. The maximum atomic E-state index is 9.82. The minimum Gasteiger partial charge on any atom is -0.507 e. The molecule has 1 aromatic heterocycles. The Morgan fingerprint density at radius 3 is 2.80 bits per heavy atom. The highest BCUT2D eigenvalue weighted by atomic mass is 16.3. The van der Waals surface area contributed by atoms with Crippen molar-refractivity contribution in [2.45, 2.75) is 45.7 Å². The first kappa shape index (κ1) is 13.3. The van der Waals surface area contributed by atoms with E-state index in [9.17, 15) is 5.11 Å². The largest absolute Gasteiger partial charge is 0.507 e. The molecule has 3 heteroatoms. The number of aromatic hydroxyl groups is 1. The summed E-state index contributed by atoms with van der Waals surface area (Å²) in [5.41, 5.74) is 4.40. The Balaban J connectivity index is 1.72. The molecule has 1 unspecified atom stereocenters. The van der Waals surface area contributed by atoms with Crippen molar-refractivity contribution in [1.82, 2.24) is 5.32 Å². The Bertz CT molecular complexity index is 592. The van der Waals surface area contributed by atoms with Crippen LogP contribution >= 0.6 is 0 Å². The second-order valence-electron chi connectivity index (χ2n) is 5.70. The number of nitrogens with one attached hydrogen (secondary N) is 1. The summed E-state index contributed by atoms with van der Waals surface area (Å²) in [6, 6.07) is 6.56. The predicted octanol–water partition coefficient (Wildman–Crippen LogP) is 3.77. The van der Waals surface area contributed by atoms with Crippen molar-refractivity contribution in [3.63, 3.8) is 0 Å². The Kier molecular flexibility index (Phi) is 3.53. The smallest absolute Gasteiger partial charge is 0.121 e. The molecular formula is C17H21NO2. The van der Waals surface area contributed by atoms with E-state index in [2.05, 4.69) is 23.5 Å². The van der Waals surface area contributed by atoms with Crippen molar-refractivity contribution >= 4 is 0 Å². The molecule has 3 nitrogen and oxygen atoms in total. The fourth-order valence-electron chi connectivity index (χ4n) is 3.09. The molecule has 1 aliphatic carbocycles. The van der Waals surface area contributed by atoms with Crippen LogP contribution in [0.25, 0.3) is 0 Å². The van der Waals surface area contributed by atoms with E-state index < -0.39 is 0 Å². The van der Waals surface area contributed by atoms with Gasteiger partial charge in [-0.3, -0.25) is 0 Å². The molecule has 20 heavy (non-hydrogen) atoms. The molecule has 0 radical (unpaired) electrons. The summed E-state index contributed by atoms with van der Waals surface area (Å²) in [5.74, 6) is 1.54. The van der Waals surface area contributed by atoms with E-state index >= 15 is 0 Å². The first-order chi connectivity index (χ1) is 9.65. The Morgan fingerprint density at radius 1 is 1.30 bits per heavy atom. The van der Waals surface area contributed by atoms with Gasteiger partial charge in [-0.2, -0.15) is 0 Å². The number of furan rings is 1. The van der Waals surface area contributed by atoms with Crippen molar-refractivity contribution < 1.29 is 9.52 Å². The minimum absolute atomic E-state index is 0.381. The lowest BCUT2D eigenvalue weighted by Crippen LogP contribution is -2.24. The van der Waals surface area contributed by atoms with Crippen molar-refractivity contribution in [2.24, 2.45) is 0 Å². The number of hydrogen-bond donors (Lipinski definition) is 2. The van der Waals surface area contributed by atoms with Gasteiger partial charge >= 0.3 is 0 Å². The molecule has 106 valence electrons. The minimum atomic E-state index is 0.381. The van der Waals surface area contributed by atoms with Crippen LogP contribution in [0.4, 0.5) is 0 Å². The lowest BCUT2D eigenvalue weighted by Gasteiger charge is -2.23. The van der Waals surface area contributed by atoms with Gasteiger partial charge in [0.2, 0.25) is 0 Å². The summed E-state index contributed by atoms with van der Waals surface area (Å²) >= 11 is 0. The highest BCUT2D eigenvalue weighted by Crippen LogP contribution is 2.31. The van der Waals surface area contributed by atoms with Gasteiger partial charge in [-0.1, -0.05) is 12.1 Å². The molecular weight excluding hydrogens is 250 g/mol. The van der Waals surface area contributed by atoms with Crippen molar-refractivity contribution in [3.05, 3.63) is 52.5 Å². The molecule has 0 saturated heterocycles. The second-order valence-corrected chi connectivity index (χ2v) is 5.70. The number of aryl methyl sites for hydroxylation is 3. The van der Waals surface area contributed by atoms with Gasteiger partial charge in [0.15, 0.2) is 0 Å². The molecule has 1 aliphatic rings. The van der Waals surface area contributed by atoms with Gasteiger partial charge in [0.25, 0.3) is 0 Å². The van der Waals surface area contributed by atoms with Crippen LogP contribution in [0.5, 0.6) is 5.75 Å². The molecule has 2 aromatic rings. The summed E-state index contributed by atoms with van der Waals surface area (Å²) in [7, 11) is 0. The first-order valence-corrected chi connectivity index (χ1v) is 7.24. The van der Waals surface area contributed by atoms with E-state index in [1.165, 1.54) is 17.5 Å². The number of benzene rings is 1.